The molecule has 0 aliphatic heterocycles. The van der Waals surface area contributed by atoms with Crippen LogP contribution in [0, 0.1) is 0 Å². The molecular formula is C35H50N2O4. The van der Waals surface area contributed by atoms with E-state index in [2.05, 4.69) is 17.6 Å². The average Bonchev–Trinajstić information content (AvgIpc) is 2.97. The number of hydrogen-bond donors (Lipinski definition) is 3. The van der Waals surface area contributed by atoms with Gasteiger partial charge in [0.15, 0.2) is 0 Å². The Balaban J connectivity index is 1.75. The van der Waals surface area contributed by atoms with Crippen molar-refractivity contribution in [3.63, 3.8) is 0 Å². The van der Waals surface area contributed by atoms with Gasteiger partial charge in [-0.15, -0.1) is 0 Å². The first-order valence-electron chi connectivity index (χ1n) is 15.7. The van der Waals surface area contributed by atoms with Gasteiger partial charge in [-0.2, -0.15) is 0 Å². The fraction of sp³-hybridized carbons (Fsp3) is 0.514. The van der Waals surface area contributed by atoms with Crippen LogP contribution in [0.4, 0.5) is 5.69 Å². The molecular weight excluding hydrogens is 512 g/mol. The molecule has 0 saturated heterocycles. The first-order chi connectivity index (χ1) is 20.0. The van der Waals surface area contributed by atoms with Crippen LogP contribution in [0.3, 0.4) is 0 Å². The van der Waals surface area contributed by atoms with Crippen molar-refractivity contribution in [2.75, 3.05) is 11.9 Å². The van der Waals surface area contributed by atoms with Gasteiger partial charge in [-0.1, -0.05) is 126 Å². The molecule has 0 heterocycles. The Morgan fingerprint density at radius 2 is 1.24 bits per heavy atom. The molecule has 0 aliphatic rings. The third-order valence-corrected chi connectivity index (χ3v) is 7.20. The first kappa shape index (κ1) is 33.8. The maximum atomic E-state index is 13.1. The lowest BCUT2D eigenvalue weighted by Gasteiger charge is -2.10. The van der Waals surface area contributed by atoms with Crippen LogP contribution in [0.1, 0.15) is 121 Å². The molecule has 0 radical (unpaired) electrons. The van der Waals surface area contributed by atoms with Crippen LogP contribution >= 0.6 is 0 Å². The number of nitrogens with one attached hydrogen (secondary N) is 2. The number of carboxylic acids is 1. The number of benzene rings is 2. The Bertz CT molecular complexity index is 1050. The molecule has 224 valence electrons. The van der Waals surface area contributed by atoms with E-state index in [1.165, 1.54) is 70.6 Å². The molecule has 6 nitrogen and oxygen atoms in total. The fourth-order valence-corrected chi connectivity index (χ4v) is 4.79. The summed E-state index contributed by atoms with van der Waals surface area (Å²) in [6.07, 6.45) is 19.2. The molecule has 0 aliphatic carbocycles. The van der Waals surface area contributed by atoms with E-state index in [0.717, 1.165) is 24.0 Å². The third-order valence-electron chi connectivity index (χ3n) is 7.20. The lowest BCUT2D eigenvalue weighted by Crippen LogP contribution is -2.25. The van der Waals surface area contributed by atoms with E-state index in [4.69, 9.17) is 5.11 Å². The largest absolute Gasteiger partial charge is 0.481 e. The molecule has 41 heavy (non-hydrogen) atoms. The molecule has 2 amide bonds. The van der Waals surface area contributed by atoms with Crippen molar-refractivity contribution in [3.8, 4) is 0 Å². The van der Waals surface area contributed by atoms with Crippen molar-refractivity contribution in [3.05, 3.63) is 65.7 Å². The Morgan fingerprint density at radius 3 is 1.80 bits per heavy atom. The summed E-state index contributed by atoms with van der Waals surface area (Å²) in [5.41, 5.74) is 2.94. The molecule has 0 aromatic heterocycles. The highest BCUT2D eigenvalue weighted by molar-refractivity contribution is 6.24. The summed E-state index contributed by atoms with van der Waals surface area (Å²) in [6, 6.07) is 16.9. The van der Waals surface area contributed by atoms with Gasteiger partial charge in [0.2, 0.25) is 5.91 Å². The summed E-state index contributed by atoms with van der Waals surface area (Å²) in [6.45, 7) is 2.92. The third kappa shape index (κ3) is 15.8. The quantitative estimate of drug-likeness (QED) is 0.0760. The predicted octanol–water partition coefficient (Wildman–Crippen LogP) is 8.63. The SMILES string of the molecule is CCCCCCCCCCCCCCCNC(=O)C(=Cc1ccc(NC(=O)CCCC(=O)O)cc1)c1ccccc1. The molecule has 0 atom stereocenters. The van der Waals surface area contributed by atoms with Crippen molar-refractivity contribution >= 4 is 35.1 Å². The van der Waals surface area contributed by atoms with Gasteiger partial charge in [0, 0.05) is 30.6 Å². The van der Waals surface area contributed by atoms with Gasteiger partial charge in [-0.25, -0.2) is 0 Å². The highest BCUT2D eigenvalue weighted by Gasteiger charge is 2.12. The van der Waals surface area contributed by atoms with Crippen molar-refractivity contribution in [2.45, 2.75) is 110 Å². The second-order valence-electron chi connectivity index (χ2n) is 10.8. The number of carbonyl (C=O) groups is 3. The minimum atomic E-state index is -0.906. The Kier molecular flexibility index (Phi) is 17.6. The van der Waals surface area contributed by atoms with E-state index in [1.807, 2.05) is 48.5 Å². The first-order valence-corrected chi connectivity index (χ1v) is 15.7. The summed E-state index contributed by atoms with van der Waals surface area (Å²) >= 11 is 0. The Morgan fingerprint density at radius 1 is 0.683 bits per heavy atom. The summed E-state index contributed by atoms with van der Waals surface area (Å²) in [7, 11) is 0. The number of aliphatic carboxylic acids is 1. The summed E-state index contributed by atoms with van der Waals surface area (Å²) in [5, 5.41) is 14.6. The highest BCUT2D eigenvalue weighted by atomic mass is 16.4. The molecule has 2 rings (SSSR count). The Labute approximate surface area is 247 Å². The van der Waals surface area contributed by atoms with Gasteiger partial charge in [0.25, 0.3) is 5.91 Å². The van der Waals surface area contributed by atoms with E-state index in [0.29, 0.717) is 24.2 Å². The molecule has 2 aromatic rings. The summed E-state index contributed by atoms with van der Waals surface area (Å²) in [5.74, 6) is -1.21. The Hall–Kier alpha value is -3.41. The minimum Gasteiger partial charge on any atom is -0.481 e. The highest BCUT2D eigenvalue weighted by Crippen LogP contribution is 2.20. The summed E-state index contributed by atoms with van der Waals surface area (Å²) in [4.78, 5) is 35.8. The molecule has 0 fully saturated rings. The van der Waals surface area contributed by atoms with Crippen molar-refractivity contribution in [1.82, 2.24) is 5.32 Å². The fourth-order valence-electron chi connectivity index (χ4n) is 4.79. The van der Waals surface area contributed by atoms with Crippen LogP contribution in [-0.4, -0.2) is 29.4 Å². The predicted molar refractivity (Wildman–Crippen MR) is 170 cm³/mol. The molecule has 0 saturated carbocycles. The maximum absolute atomic E-state index is 13.1. The number of carbonyl (C=O) groups excluding carboxylic acids is 2. The monoisotopic (exact) mass is 562 g/mol. The van der Waals surface area contributed by atoms with Crippen molar-refractivity contribution in [1.29, 1.82) is 0 Å². The second kappa shape index (κ2) is 21.4. The van der Waals surface area contributed by atoms with Crippen LogP contribution < -0.4 is 10.6 Å². The van der Waals surface area contributed by atoms with Crippen LogP contribution in [-0.2, 0) is 14.4 Å². The number of hydrogen-bond acceptors (Lipinski definition) is 3. The molecule has 2 aromatic carbocycles. The van der Waals surface area contributed by atoms with Gasteiger partial charge < -0.3 is 15.7 Å². The normalized spacial score (nSPS) is 11.3. The molecule has 0 bridgehead atoms. The van der Waals surface area contributed by atoms with E-state index in [-0.39, 0.29) is 24.7 Å². The van der Waals surface area contributed by atoms with Gasteiger partial charge >= 0.3 is 5.97 Å². The molecule has 0 spiro atoms. The zero-order chi connectivity index (χ0) is 29.5. The van der Waals surface area contributed by atoms with Crippen LogP contribution in [0.15, 0.2) is 54.6 Å². The van der Waals surface area contributed by atoms with Gasteiger partial charge in [-0.05, 0) is 42.2 Å². The van der Waals surface area contributed by atoms with E-state index < -0.39 is 5.97 Å². The number of unbranched alkanes of at least 4 members (excludes halogenated alkanes) is 12. The number of amides is 2. The molecule has 0 unspecified atom stereocenters. The van der Waals surface area contributed by atoms with Crippen LogP contribution in [0.25, 0.3) is 11.6 Å². The lowest BCUT2D eigenvalue weighted by molar-refractivity contribution is -0.137. The zero-order valence-electron chi connectivity index (χ0n) is 25.0. The topological polar surface area (TPSA) is 95.5 Å². The average molecular weight is 563 g/mol. The van der Waals surface area contributed by atoms with Gasteiger partial charge in [0.1, 0.15) is 0 Å². The number of rotatable bonds is 22. The van der Waals surface area contributed by atoms with E-state index in [1.54, 1.807) is 12.1 Å². The van der Waals surface area contributed by atoms with Crippen LogP contribution in [0.5, 0.6) is 0 Å². The van der Waals surface area contributed by atoms with E-state index >= 15 is 0 Å². The number of anilines is 1. The number of carboxylic acid groups (broad SMARTS) is 1. The van der Waals surface area contributed by atoms with Crippen molar-refractivity contribution in [2.24, 2.45) is 0 Å². The van der Waals surface area contributed by atoms with Gasteiger partial charge in [0.05, 0.1) is 0 Å². The summed E-state index contributed by atoms with van der Waals surface area (Å²) < 4.78 is 0. The second-order valence-corrected chi connectivity index (χ2v) is 10.8. The van der Waals surface area contributed by atoms with Crippen LogP contribution in [0.2, 0.25) is 0 Å². The maximum Gasteiger partial charge on any atom is 0.303 e. The molecule has 3 N–H and O–H groups in total. The van der Waals surface area contributed by atoms with E-state index in [9.17, 15) is 14.4 Å². The van der Waals surface area contributed by atoms with Gasteiger partial charge in [-0.3, -0.25) is 14.4 Å². The minimum absolute atomic E-state index is 0.0269. The zero-order valence-corrected chi connectivity index (χ0v) is 25.0. The van der Waals surface area contributed by atoms with Crippen molar-refractivity contribution < 1.29 is 19.5 Å². The molecule has 6 heteroatoms. The standard InChI is InChI=1S/C35H50N2O4/c1-2-3-4-5-6-7-8-9-10-11-12-13-17-27-36-35(41)32(30-19-15-14-16-20-30)28-29-23-25-31(26-24-29)37-33(38)21-18-22-34(39)40/h14-16,19-20,23-26,28H,2-13,17-18,21-22,27H2,1H3,(H,36,41)(H,37,38)(H,39,40). The smallest absolute Gasteiger partial charge is 0.303 e. The lowest BCUT2D eigenvalue weighted by atomic mass is 10.0.